The summed E-state index contributed by atoms with van der Waals surface area (Å²) < 4.78 is 78.2. The van der Waals surface area contributed by atoms with Crippen molar-refractivity contribution >= 4 is 22.0 Å². The van der Waals surface area contributed by atoms with E-state index in [1.807, 2.05) is 36.4 Å². The molecule has 13 heteroatoms. The number of fused-ring (bicyclic) bond motifs is 1. The number of ether oxygens (including phenoxy) is 4. The highest BCUT2D eigenvalue weighted by Crippen LogP contribution is 2.57. The van der Waals surface area contributed by atoms with E-state index in [9.17, 15) is 26.8 Å². The Hall–Kier alpha value is -4.07. The van der Waals surface area contributed by atoms with Crippen molar-refractivity contribution in [1.29, 1.82) is 0 Å². The van der Waals surface area contributed by atoms with Gasteiger partial charge < -0.3 is 18.9 Å². The van der Waals surface area contributed by atoms with Crippen LogP contribution in [0.25, 0.3) is 0 Å². The van der Waals surface area contributed by atoms with Gasteiger partial charge in [0.15, 0.2) is 6.10 Å². The van der Waals surface area contributed by atoms with Gasteiger partial charge in [-0.1, -0.05) is 45.0 Å². The molecule has 2 unspecified atom stereocenters. The van der Waals surface area contributed by atoms with E-state index in [-0.39, 0.29) is 44.7 Å². The molecule has 1 heterocycles. The lowest BCUT2D eigenvalue weighted by atomic mass is 9.87. The van der Waals surface area contributed by atoms with Crippen molar-refractivity contribution in [2.75, 3.05) is 32.8 Å². The molecule has 4 atom stereocenters. The summed E-state index contributed by atoms with van der Waals surface area (Å²) in [5, 5.41) is 3.28. The summed E-state index contributed by atoms with van der Waals surface area (Å²) in [7, 11) is -4.18. The van der Waals surface area contributed by atoms with Crippen LogP contribution in [0.2, 0.25) is 0 Å². The summed E-state index contributed by atoms with van der Waals surface area (Å²) in [5.41, 5.74) is 0.0648. The standard InChI is InChI=1S/C39H48F2N2O8S/c1-8-48-35(44)34(50-30-15-11-26(12-16-30)37(2,3)4)19-25-9-13-29(14-10-25)49-18-17-42-39(36(45)51-38(5,6)7)32-23-43(24-33(32)39)52(46,47)31-21-27(40)20-28(41)22-31/h9-16,20-22,32-34,42H,8,17-19,23-24H2,1-7H3/t32-,33?,34+,39?/m1/s1. The fraction of sp³-hybridized carbons (Fsp3) is 0.487. The molecule has 0 bridgehead atoms. The molecule has 1 aliphatic carbocycles. The summed E-state index contributed by atoms with van der Waals surface area (Å²) >= 11 is 0. The fourth-order valence-electron chi connectivity index (χ4n) is 6.59. The molecule has 3 aromatic rings. The molecule has 282 valence electrons. The quantitative estimate of drug-likeness (QED) is 0.161. The molecular weight excluding hydrogens is 694 g/mol. The van der Waals surface area contributed by atoms with E-state index < -0.39 is 67.6 Å². The fourth-order valence-corrected chi connectivity index (χ4v) is 8.12. The first-order valence-electron chi connectivity index (χ1n) is 17.4. The third kappa shape index (κ3) is 8.92. The maximum absolute atomic E-state index is 13.8. The van der Waals surface area contributed by atoms with E-state index in [0.29, 0.717) is 17.6 Å². The second-order valence-electron chi connectivity index (χ2n) is 15.3. The Morgan fingerprint density at radius 2 is 1.48 bits per heavy atom. The number of rotatable bonds is 14. The van der Waals surface area contributed by atoms with Crippen molar-refractivity contribution < 1.29 is 45.7 Å². The number of nitrogens with zero attached hydrogens (tertiary/aromatic N) is 1. The molecule has 5 rings (SSSR count). The zero-order valence-corrected chi connectivity index (χ0v) is 31.5. The summed E-state index contributed by atoms with van der Waals surface area (Å²) in [6.07, 6.45) is -0.566. The van der Waals surface area contributed by atoms with Gasteiger partial charge in [-0.3, -0.25) is 10.1 Å². The number of benzene rings is 3. The SMILES string of the molecule is CCOC(=O)[C@H](Cc1ccc(OCCNC2(C(=O)OC(C)(C)C)C3CN(S(=O)(=O)c4cc(F)cc(F)c4)C[C@H]32)cc1)Oc1ccc(C(C)(C)C)cc1. The van der Waals surface area contributed by atoms with Gasteiger partial charge in [0.25, 0.3) is 0 Å². The molecular formula is C39H48F2N2O8S. The maximum atomic E-state index is 13.8. The number of hydrogen-bond donors (Lipinski definition) is 1. The van der Waals surface area contributed by atoms with E-state index in [2.05, 4.69) is 26.1 Å². The van der Waals surface area contributed by atoms with Crippen LogP contribution in [0.3, 0.4) is 0 Å². The van der Waals surface area contributed by atoms with Gasteiger partial charge >= 0.3 is 11.9 Å². The van der Waals surface area contributed by atoms with Crippen LogP contribution in [-0.4, -0.2) is 74.8 Å². The van der Waals surface area contributed by atoms with Gasteiger partial charge in [-0.2, -0.15) is 4.31 Å². The van der Waals surface area contributed by atoms with Crippen LogP contribution >= 0.6 is 0 Å². The molecule has 1 saturated heterocycles. The molecule has 0 amide bonds. The molecule has 3 aromatic carbocycles. The first-order valence-corrected chi connectivity index (χ1v) is 18.9. The Morgan fingerprint density at radius 3 is 2.02 bits per heavy atom. The highest BCUT2D eigenvalue weighted by atomic mass is 32.2. The topological polar surface area (TPSA) is 120 Å². The Balaban J connectivity index is 1.18. The zero-order chi connectivity index (χ0) is 38.1. The van der Waals surface area contributed by atoms with Gasteiger partial charge in [-0.15, -0.1) is 0 Å². The minimum Gasteiger partial charge on any atom is -0.492 e. The average molecular weight is 743 g/mol. The van der Waals surface area contributed by atoms with E-state index in [1.54, 1.807) is 39.8 Å². The lowest BCUT2D eigenvalue weighted by molar-refractivity contribution is -0.160. The summed E-state index contributed by atoms with van der Waals surface area (Å²) in [4.78, 5) is 25.8. The number of piperidine rings is 1. The normalized spacial score (nSPS) is 20.9. The molecule has 0 radical (unpaired) electrons. The van der Waals surface area contributed by atoms with Crippen LogP contribution in [0.4, 0.5) is 8.78 Å². The minimum atomic E-state index is -4.18. The summed E-state index contributed by atoms with van der Waals surface area (Å²) in [6.45, 7) is 14.0. The Bertz CT molecular complexity index is 1820. The molecule has 10 nitrogen and oxygen atoms in total. The van der Waals surface area contributed by atoms with Crippen LogP contribution in [0, 0.1) is 23.5 Å². The van der Waals surface area contributed by atoms with Crippen LogP contribution in [0.5, 0.6) is 11.5 Å². The first kappa shape index (κ1) is 39.1. The van der Waals surface area contributed by atoms with Crippen molar-refractivity contribution in [2.45, 2.75) is 82.4 Å². The van der Waals surface area contributed by atoms with Crippen LogP contribution < -0.4 is 14.8 Å². The lowest BCUT2D eigenvalue weighted by Crippen LogP contribution is -2.51. The molecule has 1 N–H and O–H groups in total. The van der Waals surface area contributed by atoms with Gasteiger partial charge in [0.1, 0.15) is 40.9 Å². The highest BCUT2D eigenvalue weighted by Gasteiger charge is 2.74. The number of nitrogens with one attached hydrogen (secondary N) is 1. The smallest absolute Gasteiger partial charge is 0.347 e. The second-order valence-corrected chi connectivity index (χ2v) is 17.2. The zero-order valence-electron chi connectivity index (χ0n) is 30.7. The van der Waals surface area contributed by atoms with Crippen LogP contribution in [0.1, 0.15) is 59.6 Å². The Labute approximate surface area is 304 Å². The van der Waals surface area contributed by atoms with Gasteiger partial charge in [0.2, 0.25) is 10.0 Å². The van der Waals surface area contributed by atoms with Crippen LogP contribution in [0.15, 0.2) is 71.6 Å². The molecule has 2 aliphatic rings. The largest absolute Gasteiger partial charge is 0.492 e. The maximum Gasteiger partial charge on any atom is 0.347 e. The molecule has 0 spiro atoms. The lowest BCUT2D eigenvalue weighted by Gasteiger charge is -2.29. The van der Waals surface area contributed by atoms with Gasteiger partial charge in [0, 0.05) is 44.0 Å². The van der Waals surface area contributed by atoms with Gasteiger partial charge in [-0.05, 0) is 80.6 Å². The molecule has 1 saturated carbocycles. The van der Waals surface area contributed by atoms with E-state index >= 15 is 0 Å². The minimum absolute atomic E-state index is 0.0151. The Morgan fingerprint density at radius 1 is 0.904 bits per heavy atom. The number of carbonyl (C=O) groups excluding carboxylic acids is 2. The van der Waals surface area contributed by atoms with Crippen molar-refractivity contribution in [3.05, 3.63) is 89.5 Å². The first-order chi connectivity index (χ1) is 24.3. The monoisotopic (exact) mass is 742 g/mol. The number of esters is 2. The van der Waals surface area contributed by atoms with Crippen molar-refractivity contribution in [1.82, 2.24) is 9.62 Å². The van der Waals surface area contributed by atoms with E-state index in [0.717, 1.165) is 27.6 Å². The van der Waals surface area contributed by atoms with Crippen molar-refractivity contribution in [3.8, 4) is 11.5 Å². The summed E-state index contributed by atoms with van der Waals surface area (Å²) in [6, 6.07) is 17.1. The highest BCUT2D eigenvalue weighted by molar-refractivity contribution is 7.89. The average Bonchev–Trinajstić information content (AvgIpc) is 3.39. The van der Waals surface area contributed by atoms with Crippen LogP contribution in [-0.2, 0) is 40.9 Å². The van der Waals surface area contributed by atoms with Crippen molar-refractivity contribution in [3.63, 3.8) is 0 Å². The number of carbonyl (C=O) groups is 2. The third-order valence-corrected chi connectivity index (χ3v) is 11.0. The second kappa shape index (κ2) is 15.1. The number of sulfonamides is 1. The van der Waals surface area contributed by atoms with E-state index in [1.165, 1.54) is 0 Å². The predicted molar refractivity (Wildman–Crippen MR) is 191 cm³/mol. The van der Waals surface area contributed by atoms with Gasteiger partial charge in [-0.25, -0.2) is 22.0 Å². The predicted octanol–water partition coefficient (Wildman–Crippen LogP) is 5.81. The molecule has 1 aliphatic heterocycles. The Kier molecular flexibility index (Phi) is 11.4. The van der Waals surface area contributed by atoms with Crippen molar-refractivity contribution in [2.24, 2.45) is 11.8 Å². The number of hydrogen-bond acceptors (Lipinski definition) is 9. The van der Waals surface area contributed by atoms with E-state index in [4.69, 9.17) is 18.9 Å². The molecule has 2 fully saturated rings. The third-order valence-electron chi connectivity index (χ3n) is 9.24. The molecule has 52 heavy (non-hydrogen) atoms. The number of halogens is 2. The molecule has 0 aromatic heterocycles. The summed E-state index contributed by atoms with van der Waals surface area (Å²) in [5.74, 6) is -2.60. The van der Waals surface area contributed by atoms with Gasteiger partial charge in [0.05, 0.1) is 11.5 Å².